The van der Waals surface area contributed by atoms with E-state index in [1.807, 2.05) is 42.7 Å². The third-order valence-electron chi connectivity index (χ3n) is 3.03. The molecule has 1 aromatic heterocycles. The second-order valence-corrected chi connectivity index (χ2v) is 4.40. The van der Waals surface area contributed by atoms with Gasteiger partial charge in [-0.15, -0.1) is 0 Å². The van der Waals surface area contributed by atoms with Gasteiger partial charge in [0.1, 0.15) is 12.4 Å². The molecule has 0 amide bonds. The average molecular weight is 249 g/mol. The van der Waals surface area contributed by atoms with Crippen LogP contribution in [0.1, 0.15) is 5.56 Å². The number of rotatable bonds is 4. The third kappa shape index (κ3) is 2.86. The van der Waals surface area contributed by atoms with Gasteiger partial charge in [-0.1, -0.05) is 42.5 Å². The number of hydrogen-bond donors (Lipinski definition) is 1. The number of aromatic amines is 1. The van der Waals surface area contributed by atoms with Gasteiger partial charge in [-0.25, -0.2) is 0 Å². The van der Waals surface area contributed by atoms with Gasteiger partial charge < -0.3 is 9.72 Å². The fraction of sp³-hybridized carbons (Fsp3) is 0.0588. The van der Waals surface area contributed by atoms with E-state index in [-0.39, 0.29) is 0 Å². The third-order valence-corrected chi connectivity index (χ3v) is 3.03. The molecule has 0 atom stereocenters. The van der Waals surface area contributed by atoms with Crippen molar-refractivity contribution in [1.82, 2.24) is 4.98 Å². The van der Waals surface area contributed by atoms with Crippen molar-refractivity contribution in [2.75, 3.05) is 0 Å². The molecule has 3 rings (SSSR count). The Morgan fingerprint density at radius 3 is 2.26 bits per heavy atom. The highest BCUT2D eigenvalue weighted by molar-refractivity contribution is 5.63. The molecule has 0 bridgehead atoms. The summed E-state index contributed by atoms with van der Waals surface area (Å²) in [5.41, 5.74) is 3.56. The first-order valence-corrected chi connectivity index (χ1v) is 6.32. The van der Waals surface area contributed by atoms with Crippen molar-refractivity contribution >= 4 is 0 Å². The van der Waals surface area contributed by atoms with Crippen LogP contribution < -0.4 is 4.74 Å². The Morgan fingerprint density at radius 1 is 0.789 bits per heavy atom. The number of nitrogens with one attached hydrogen (secondary N) is 1. The molecule has 1 heterocycles. The minimum Gasteiger partial charge on any atom is -0.489 e. The molecule has 0 spiro atoms. The van der Waals surface area contributed by atoms with E-state index >= 15 is 0 Å². The Balaban J connectivity index is 1.67. The van der Waals surface area contributed by atoms with Gasteiger partial charge in [0.25, 0.3) is 0 Å². The maximum absolute atomic E-state index is 5.76. The Bertz CT molecular complexity index is 612. The van der Waals surface area contributed by atoms with E-state index in [0.717, 1.165) is 5.75 Å². The van der Waals surface area contributed by atoms with Crippen molar-refractivity contribution in [3.8, 4) is 16.9 Å². The van der Waals surface area contributed by atoms with Crippen LogP contribution in [-0.4, -0.2) is 4.98 Å². The van der Waals surface area contributed by atoms with Crippen LogP contribution in [0.2, 0.25) is 0 Å². The molecule has 0 radical (unpaired) electrons. The molecular weight excluding hydrogens is 234 g/mol. The number of H-pyrrole nitrogens is 1. The number of ether oxygens (including phenoxy) is 1. The first-order valence-electron chi connectivity index (χ1n) is 6.32. The predicted octanol–water partition coefficient (Wildman–Crippen LogP) is 4.26. The molecule has 19 heavy (non-hydrogen) atoms. The average Bonchev–Trinajstić information content (AvgIpc) is 3.01. The molecule has 0 aliphatic heterocycles. The standard InChI is InChI=1S/C17H15NO/c1-2-4-14(5-3-1)13-19-17-8-6-15(7-9-17)16-10-11-18-12-16/h1-12,18H,13H2. The zero-order chi connectivity index (χ0) is 12.9. The highest BCUT2D eigenvalue weighted by atomic mass is 16.5. The minimum atomic E-state index is 0.602. The summed E-state index contributed by atoms with van der Waals surface area (Å²) < 4.78 is 5.76. The fourth-order valence-electron chi connectivity index (χ4n) is 1.99. The van der Waals surface area contributed by atoms with Crippen molar-refractivity contribution in [2.45, 2.75) is 6.61 Å². The van der Waals surface area contributed by atoms with Crippen molar-refractivity contribution in [1.29, 1.82) is 0 Å². The summed E-state index contributed by atoms with van der Waals surface area (Å²) >= 11 is 0. The maximum Gasteiger partial charge on any atom is 0.119 e. The lowest BCUT2D eigenvalue weighted by molar-refractivity contribution is 0.306. The summed E-state index contributed by atoms with van der Waals surface area (Å²) in [6.45, 7) is 0.602. The first kappa shape index (κ1) is 11.6. The van der Waals surface area contributed by atoms with E-state index < -0.39 is 0 Å². The van der Waals surface area contributed by atoms with Crippen molar-refractivity contribution in [3.05, 3.63) is 78.6 Å². The van der Waals surface area contributed by atoms with Gasteiger partial charge in [-0.3, -0.25) is 0 Å². The van der Waals surface area contributed by atoms with Crippen LogP contribution >= 0.6 is 0 Å². The van der Waals surface area contributed by atoms with Gasteiger partial charge in [-0.2, -0.15) is 0 Å². The second kappa shape index (κ2) is 5.44. The summed E-state index contributed by atoms with van der Waals surface area (Å²) in [5.74, 6) is 0.892. The fourth-order valence-corrected chi connectivity index (χ4v) is 1.99. The van der Waals surface area contributed by atoms with Crippen molar-refractivity contribution in [2.24, 2.45) is 0 Å². The molecule has 0 saturated heterocycles. The molecule has 2 nitrogen and oxygen atoms in total. The lowest BCUT2D eigenvalue weighted by Gasteiger charge is -2.07. The summed E-state index contributed by atoms with van der Waals surface area (Å²) in [6, 6.07) is 20.4. The van der Waals surface area contributed by atoms with Crippen LogP contribution in [0.15, 0.2) is 73.1 Å². The molecule has 3 aromatic rings. The summed E-state index contributed by atoms with van der Waals surface area (Å²) in [5, 5.41) is 0. The molecule has 94 valence electrons. The minimum absolute atomic E-state index is 0.602. The number of benzene rings is 2. The van der Waals surface area contributed by atoms with E-state index in [1.54, 1.807) is 0 Å². The molecule has 0 aliphatic carbocycles. The van der Waals surface area contributed by atoms with Crippen LogP contribution in [-0.2, 0) is 6.61 Å². The molecule has 1 N–H and O–H groups in total. The lowest BCUT2D eigenvalue weighted by atomic mass is 10.1. The van der Waals surface area contributed by atoms with E-state index in [9.17, 15) is 0 Å². The highest BCUT2D eigenvalue weighted by Crippen LogP contribution is 2.22. The molecule has 2 aromatic carbocycles. The zero-order valence-electron chi connectivity index (χ0n) is 10.5. The van der Waals surface area contributed by atoms with Gasteiger partial charge in [0.15, 0.2) is 0 Å². The monoisotopic (exact) mass is 249 g/mol. The Hall–Kier alpha value is -2.48. The Labute approximate surface area is 112 Å². The summed E-state index contributed by atoms with van der Waals surface area (Å²) in [6.07, 6.45) is 3.91. The molecular formula is C17H15NO. The van der Waals surface area contributed by atoms with Crippen molar-refractivity contribution < 1.29 is 4.74 Å². The summed E-state index contributed by atoms with van der Waals surface area (Å²) in [7, 11) is 0. The summed E-state index contributed by atoms with van der Waals surface area (Å²) in [4.78, 5) is 3.06. The normalized spacial score (nSPS) is 10.3. The number of hydrogen-bond acceptors (Lipinski definition) is 1. The zero-order valence-corrected chi connectivity index (χ0v) is 10.5. The van der Waals surface area contributed by atoms with Gasteiger partial charge in [0.05, 0.1) is 0 Å². The molecule has 0 saturated carbocycles. The van der Waals surface area contributed by atoms with Gasteiger partial charge in [0.2, 0.25) is 0 Å². The second-order valence-electron chi connectivity index (χ2n) is 4.40. The van der Waals surface area contributed by atoms with E-state index in [4.69, 9.17) is 4.74 Å². The van der Waals surface area contributed by atoms with Gasteiger partial charge in [-0.05, 0) is 34.9 Å². The topological polar surface area (TPSA) is 25.0 Å². The highest BCUT2D eigenvalue weighted by Gasteiger charge is 1.99. The van der Waals surface area contributed by atoms with Gasteiger partial charge >= 0.3 is 0 Å². The smallest absolute Gasteiger partial charge is 0.119 e. The maximum atomic E-state index is 5.76. The van der Waals surface area contributed by atoms with Crippen LogP contribution in [0, 0.1) is 0 Å². The lowest BCUT2D eigenvalue weighted by Crippen LogP contribution is -1.94. The molecule has 0 unspecified atom stereocenters. The SMILES string of the molecule is c1ccc(COc2ccc(-c3cc[nH]c3)cc2)cc1. The largest absolute Gasteiger partial charge is 0.489 e. The van der Waals surface area contributed by atoms with E-state index in [1.165, 1.54) is 16.7 Å². The molecule has 0 fully saturated rings. The quantitative estimate of drug-likeness (QED) is 0.734. The van der Waals surface area contributed by atoms with Crippen LogP contribution in [0.25, 0.3) is 11.1 Å². The van der Waals surface area contributed by atoms with Crippen molar-refractivity contribution in [3.63, 3.8) is 0 Å². The predicted molar refractivity (Wildman–Crippen MR) is 77.0 cm³/mol. The first-order chi connectivity index (χ1) is 9.42. The Morgan fingerprint density at radius 2 is 1.58 bits per heavy atom. The van der Waals surface area contributed by atoms with Crippen LogP contribution in [0.3, 0.4) is 0 Å². The Kier molecular flexibility index (Phi) is 3.32. The van der Waals surface area contributed by atoms with E-state index in [0.29, 0.717) is 6.61 Å². The molecule has 0 aliphatic rings. The van der Waals surface area contributed by atoms with Crippen LogP contribution in [0.5, 0.6) is 5.75 Å². The molecule has 2 heteroatoms. The van der Waals surface area contributed by atoms with Gasteiger partial charge in [0, 0.05) is 12.4 Å². The number of aromatic nitrogens is 1. The van der Waals surface area contributed by atoms with Crippen LogP contribution in [0.4, 0.5) is 0 Å². The van der Waals surface area contributed by atoms with E-state index in [2.05, 4.69) is 35.3 Å².